The number of hydrogen-bond donors (Lipinski definition) is 1. The molecule has 2 amide bonds. The maximum atomic E-state index is 12.7. The molecule has 134 valence electrons. The van der Waals surface area contributed by atoms with Gasteiger partial charge in [0.15, 0.2) is 0 Å². The summed E-state index contributed by atoms with van der Waals surface area (Å²) in [4.78, 5) is 15.7. The second-order valence-corrected chi connectivity index (χ2v) is 7.12. The fourth-order valence-electron chi connectivity index (χ4n) is 2.78. The van der Waals surface area contributed by atoms with Crippen LogP contribution in [0.5, 0.6) is 5.75 Å². The number of thiophene rings is 1. The molecular weight excluding hydrogens is 336 g/mol. The van der Waals surface area contributed by atoms with Gasteiger partial charge in [-0.05, 0) is 42.0 Å². The molecule has 5 nitrogen and oxygen atoms in total. The summed E-state index contributed by atoms with van der Waals surface area (Å²) in [6, 6.07) is 12.2. The van der Waals surface area contributed by atoms with Crippen molar-refractivity contribution in [2.45, 2.75) is 31.5 Å². The van der Waals surface area contributed by atoms with Gasteiger partial charge in [-0.15, -0.1) is 11.3 Å². The number of rotatable bonds is 8. The van der Waals surface area contributed by atoms with Crippen molar-refractivity contribution in [3.63, 3.8) is 0 Å². The predicted molar refractivity (Wildman–Crippen MR) is 99.0 cm³/mol. The van der Waals surface area contributed by atoms with E-state index in [1.54, 1.807) is 25.6 Å². The van der Waals surface area contributed by atoms with Gasteiger partial charge in [0.05, 0.1) is 13.7 Å². The normalized spacial score (nSPS) is 14.8. The van der Waals surface area contributed by atoms with Crippen molar-refractivity contribution in [1.82, 2.24) is 10.2 Å². The molecular formula is C19H24N2O3S. The fraction of sp³-hybridized carbons (Fsp3) is 0.421. The van der Waals surface area contributed by atoms with E-state index < -0.39 is 0 Å². The van der Waals surface area contributed by atoms with Gasteiger partial charge in [0.25, 0.3) is 0 Å². The quantitative estimate of drug-likeness (QED) is 0.779. The van der Waals surface area contributed by atoms with Gasteiger partial charge in [-0.1, -0.05) is 18.2 Å². The van der Waals surface area contributed by atoms with Crippen LogP contribution >= 0.6 is 11.3 Å². The van der Waals surface area contributed by atoms with Gasteiger partial charge in [-0.3, -0.25) is 0 Å². The monoisotopic (exact) mass is 360 g/mol. The predicted octanol–water partition coefficient (Wildman–Crippen LogP) is 3.82. The Morgan fingerprint density at radius 2 is 2.16 bits per heavy atom. The summed E-state index contributed by atoms with van der Waals surface area (Å²) in [5.41, 5.74) is 1.07. The molecule has 1 aliphatic rings. The lowest BCUT2D eigenvalue weighted by Crippen LogP contribution is -2.42. The first-order chi connectivity index (χ1) is 12.2. The molecule has 6 heteroatoms. The minimum atomic E-state index is -0.109. The number of urea groups is 1. The second-order valence-electron chi connectivity index (χ2n) is 6.14. The van der Waals surface area contributed by atoms with Crippen molar-refractivity contribution in [2.75, 3.05) is 20.8 Å². The molecule has 1 N–H and O–H groups in total. The van der Waals surface area contributed by atoms with E-state index in [1.807, 2.05) is 46.7 Å². The van der Waals surface area contributed by atoms with Crippen LogP contribution in [0.15, 0.2) is 41.8 Å². The highest BCUT2D eigenvalue weighted by Crippen LogP contribution is 2.29. The first-order valence-electron chi connectivity index (χ1n) is 8.45. The highest BCUT2D eigenvalue weighted by atomic mass is 32.1. The highest BCUT2D eigenvalue weighted by molar-refractivity contribution is 7.10. The van der Waals surface area contributed by atoms with Crippen molar-refractivity contribution in [3.05, 3.63) is 52.2 Å². The molecule has 2 aromatic rings. The molecule has 0 radical (unpaired) electrons. The second kappa shape index (κ2) is 8.36. The molecule has 1 aromatic carbocycles. The van der Waals surface area contributed by atoms with E-state index in [1.165, 1.54) is 0 Å². The average molecular weight is 360 g/mol. The van der Waals surface area contributed by atoms with Crippen LogP contribution in [0, 0.1) is 0 Å². The number of nitrogens with one attached hydrogen (secondary N) is 1. The summed E-state index contributed by atoms with van der Waals surface area (Å²) in [7, 11) is 3.32. The number of ether oxygens (including phenoxy) is 2. The van der Waals surface area contributed by atoms with Crippen molar-refractivity contribution < 1.29 is 14.3 Å². The van der Waals surface area contributed by atoms with E-state index in [4.69, 9.17) is 9.47 Å². The topological polar surface area (TPSA) is 50.8 Å². The molecule has 0 saturated heterocycles. The summed E-state index contributed by atoms with van der Waals surface area (Å²) < 4.78 is 10.8. The van der Waals surface area contributed by atoms with Crippen molar-refractivity contribution in [1.29, 1.82) is 0 Å². The van der Waals surface area contributed by atoms with Crippen LogP contribution in [0.25, 0.3) is 0 Å². The van der Waals surface area contributed by atoms with Gasteiger partial charge in [0.1, 0.15) is 11.9 Å². The number of nitrogens with zero attached hydrogens (tertiary/aromatic N) is 1. The van der Waals surface area contributed by atoms with Crippen LogP contribution in [-0.2, 0) is 11.3 Å². The van der Waals surface area contributed by atoms with E-state index in [9.17, 15) is 4.79 Å². The zero-order valence-corrected chi connectivity index (χ0v) is 15.4. The lowest BCUT2D eigenvalue weighted by molar-refractivity contribution is 0.104. The molecule has 25 heavy (non-hydrogen) atoms. The molecule has 1 aromatic heterocycles. The van der Waals surface area contributed by atoms with Gasteiger partial charge in [-0.2, -0.15) is 0 Å². The number of methoxy groups -OCH3 is 2. The van der Waals surface area contributed by atoms with Gasteiger partial charge in [0, 0.05) is 24.6 Å². The Morgan fingerprint density at radius 3 is 2.80 bits per heavy atom. The number of amides is 2. The third-order valence-corrected chi connectivity index (χ3v) is 5.28. The third kappa shape index (κ3) is 4.74. The summed E-state index contributed by atoms with van der Waals surface area (Å²) in [6.07, 6.45) is 2.02. The molecule has 3 rings (SSSR count). The number of carbonyl (C=O) groups is 1. The smallest absolute Gasteiger partial charge is 0.318 e. The molecule has 0 spiro atoms. The first-order valence-corrected chi connectivity index (χ1v) is 9.33. The van der Waals surface area contributed by atoms with Crippen LogP contribution in [0.1, 0.15) is 29.4 Å². The van der Waals surface area contributed by atoms with E-state index in [2.05, 4.69) is 5.32 Å². The van der Waals surface area contributed by atoms with Crippen molar-refractivity contribution >= 4 is 17.4 Å². The maximum absolute atomic E-state index is 12.7. The molecule has 1 heterocycles. The van der Waals surface area contributed by atoms with Crippen LogP contribution in [0.4, 0.5) is 4.79 Å². The van der Waals surface area contributed by atoms with Gasteiger partial charge in [-0.25, -0.2) is 4.79 Å². The van der Waals surface area contributed by atoms with Crippen molar-refractivity contribution in [3.8, 4) is 5.75 Å². The molecule has 1 saturated carbocycles. The SMILES string of the molecule is COc1cccc(CN(C(=O)NC[C@H](OC)c2cccs2)C2CC2)c1. The summed E-state index contributed by atoms with van der Waals surface area (Å²) >= 11 is 1.64. The first kappa shape index (κ1) is 17.8. The van der Waals surface area contributed by atoms with Gasteiger partial charge in [0.2, 0.25) is 0 Å². The minimum Gasteiger partial charge on any atom is -0.497 e. The Hall–Kier alpha value is -2.05. The molecule has 0 bridgehead atoms. The summed E-state index contributed by atoms with van der Waals surface area (Å²) in [5.74, 6) is 0.811. The third-order valence-electron chi connectivity index (χ3n) is 4.32. The average Bonchev–Trinajstić information content (AvgIpc) is 3.34. The largest absolute Gasteiger partial charge is 0.497 e. The zero-order chi connectivity index (χ0) is 17.6. The molecule has 1 atom stereocenters. The number of benzene rings is 1. The highest BCUT2D eigenvalue weighted by Gasteiger charge is 2.32. The van der Waals surface area contributed by atoms with Crippen LogP contribution < -0.4 is 10.1 Å². The van der Waals surface area contributed by atoms with Crippen LogP contribution in [0.3, 0.4) is 0 Å². The maximum Gasteiger partial charge on any atom is 0.318 e. The van der Waals surface area contributed by atoms with E-state index in [0.717, 1.165) is 29.0 Å². The summed E-state index contributed by atoms with van der Waals surface area (Å²) in [6.45, 7) is 1.06. The molecule has 1 fully saturated rings. The van der Waals surface area contributed by atoms with E-state index >= 15 is 0 Å². The zero-order valence-electron chi connectivity index (χ0n) is 14.6. The molecule has 0 aliphatic heterocycles. The van der Waals surface area contributed by atoms with Crippen LogP contribution in [-0.4, -0.2) is 37.7 Å². The van der Waals surface area contributed by atoms with E-state index in [0.29, 0.717) is 19.1 Å². The van der Waals surface area contributed by atoms with Gasteiger partial charge < -0.3 is 19.7 Å². The minimum absolute atomic E-state index is 0.0380. The number of hydrogen-bond acceptors (Lipinski definition) is 4. The molecule has 0 unspecified atom stereocenters. The lowest BCUT2D eigenvalue weighted by Gasteiger charge is -2.24. The Morgan fingerprint density at radius 1 is 1.32 bits per heavy atom. The van der Waals surface area contributed by atoms with Crippen molar-refractivity contribution in [2.24, 2.45) is 0 Å². The molecule has 1 aliphatic carbocycles. The number of carbonyl (C=O) groups excluding carboxylic acids is 1. The Bertz CT molecular complexity index is 686. The standard InChI is InChI=1S/C19H24N2O3S/c1-23-16-6-3-5-14(11-16)13-21(15-8-9-15)19(22)20-12-17(24-2)18-7-4-10-25-18/h3-7,10-11,15,17H,8-9,12-13H2,1-2H3,(H,20,22)/t17-/m0/s1. The van der Waals surface area contributed by atoms with Crippen LogP contribution in [0.2, 0.25) is 0 Å². The summed E-state index contributed by atoms with van der Waals surface area (Å²) in [5, 5.41) is 5.05. The fourth-order valence-corrected chi connectivity index (χ4v) is 3.58. The Kier molecular flexibility index (Phi) is 5.94. The lowest BCUT2D eigenvalue weighted by atomic mass is 10.2. The Labute approximate surface area is 152 Å². The Balaban J connectivity index is 1.61. The van der Waals surface area contributed by atoms with Gasteiger partial charge >= 0.3 is 6.03 Å². The van der Waals surface area contributed by atoms with E-state index in [-0.39, 0.29) is 12.1 Å².